The second kappa shape index (κ2) is 5.98. The fourth-order valence-corrected chi connectivity index (χ4v) is 3.81. The van der Waals surface area contributed by atoms with E-state index in [-0.39, 0.29) is 31.6 Å². The van der Waals surface area contributed by atoms with Crippen molar-refractivity contribution >= 4 is 17.9 Å². The van der Waals surface area contributed by atoms with Crippen LogP contribution in [0.25, 0.3) is 11.4 Å². The van der Waals surface area contributed by atoms with Crippen LogP contribution in [-0.2, 0) is 9.59 Å². The van der Waals surface area contributed by atoms with Gasteiger partial charge in [0.25, 0.3) is 0 Å². The molecule has 2 aromatic rings. The maximum absolute atomic E-state index is 12.6. The van der Waals surface area contributed by atoms with Crippen molar-refractivity contribution in [3.8, 4) is 11.4 Å². The number of nitrogens with zero attached hydrogens (tertiary/aromatic N) is 4. The number of benzene rings is 1. The van der Waals surface area contributed by atoms with Crippen LogP contribution in [0.15, 0.2) is 47.5 Å². The second-order valence-corrected chi connectivity index (χ2v) is 6.67. The summed E-state index contributed by atoms with van der Waals surface area (Å²) in [7, 11) is 0. The Morgan fingerprint density at radius 3 is 2.81 bits per heavy atom. The smallest absolute Gasteiger partial charge is 0.324 e. The lowest BCUT2D eigenvalue weighted by molar-refractivity contribution is -0.149. The highest BCUT2D eigenvalue weighted by molar-refractivity contribution is 5.93. The van der Waals surface area contributed by atoms with Gasteiger partial charge >= 0.3 is 12.0 Å². The number of carboxylic acids is 1. The van der Waals surface area contributed by atoms with Gasteiger partial charge in [0.2, 0.25) is 11.7 Å². The first kappa shape index (κ1) is 16.3. The zero-order valence-corrected chi connectivity index (χ0v) is 14.0. The number of hydrogen-bond acceptors (Lipinski definition) is 6. The quantitative estimate of drug-likeness (QED) is 0.807. The van der Waals surface area contributed by atoms with Gasteiger partial charge in [-0.05, 0) is 0 Å². The van der Waals surface area contributed by atoms with Crippen LogP contribution in [0.1, 0.15) is 0 Å². The molecule has 1 aromatic heterocycles. The normalized spacial score (nSPS) is 24.8. The van der Waals surface area contributed by atoms with E-state index in [1.54, 1.807) is 15.9 Å². The van der Waals surface area contributed by atoms with Crippen LogP contribution in [0.2, 0.25) is 0 Å². The minimum Gasteiger partial charge on any atom is -0.481 e. The number of carbonyl (C=O) groups is 2. The largest absolute Gasteiger partial charge is 0.481 e. The number of amides is 1. The van der Waals surface area contributed by atoms with Gasteiger partial charge in [0.1, 0.15) is 5.41 Å². The van der Waals surface area contributed by atoms with Crippen molar-refractivity contribution in [3.63, 3.8) is 0 Å². The first-order chi connectivity index (χ1) is 12.5. The fourth-order valence-electron chi connectivity index (χ4n) is 3.81. The summed E-state index contributed by atoms with van der Waals surface area (Å²) in [6, 6.07) is 9.60. The zero-order valence-electron chi connectivity index (χ0n) is 14.0. The molecule has 26 heavy (non-hydrogen) atoms. The molecule has 1 amide bonds. The van der Waals surface area contributed by atoms with Gasteiger partial charge in [0.15, 0.2) is 0 Å². The SMILES string of the molecule is C=CCN1C[C@@]2(C(=O)O)CN(c3nc(-c4ccccc4)no3)C[C@H]2C1=O. The molecule has 0 bridgehead atoms. The summed E-state index contributed by atoms with van der Waals surface area (Å²) in [6.07, 6.45) is 1.61. The monoisotopic (exact) mass is 354 g/mol. The van der Waals surface area contributed by atoms with Crippen molar-refractivity contribution in [2.45, 2.75) is 0 Å². The number of rotatable bonds is 5. The zero-order chi connectivity index (χ0) is 18.3. The molecule has 2 atom stereocenters. The third kappa shape index (κ3) is 2.37. The van der Waals surface area contributed by atoms with Crippen LogP contribution in [0, 0.1) is 11.3 Å². The number of aromatic nitrogens is 2. The van der Waals surface area contributed by atoms with Crippen LogP contribution in [-0.4, -0.2) is 58.2 Å². The Kier molecular flexibility index (Phi) is 3.75. The molecule has 2 aliphatic heterocycles. The summed E-state index contributed by atoms with van der Waals surface area (Å²) in [6.45, 7) is 4.54. The summed E-state index contributed by atoms with van der Waals surface area (Å²) >= 11 is 0. The standard InChI is InChI=1S/C18H18N4O4/c1-2-8-21-10-18(16(24)25)11-22(9-13(18)15(21)23)17-19-14(20-26-17)12-6-4-3-5-7-12/h2-7,13H,1,8-11H2,(H,24,25)/t13-,18+/m0/s1. The lowest BCUT2D eigenvalue weighted by Crippen LogP contribution is -2.41. The minimum atomic E-state index is -1.17. The lowest BCUT2D eigenvalue weighted by atomic mass is 9.81. The van der Waals surface area contributed by atoms with E-state index in [1.807, 2.05) is 30.3 Å². The van der Waals surface area contributed by atoms with Crippen molar-refractivity contribution in [1.82, 2.24) is 15.0 Å². The molecule has 0 radical (unpaired) electrons. The van der Waals surface area contributed by atoms with Gasteiger partial charge in [-0.15, -0.1) is 6.58 Å². The number of anilines is 1. The maximum Gasteiger partial charge on any atom is 0.324 e. The van der Waals surface area contributed by atoms with Crippen LogP contribution in [0.5, 0.6) is 0 Å². The number of likely N-dealkylation sites (tertiary alicyclic amines) is 1. The van der Waals surface area contributed by atoms with E-state index in [0.717, 1.165) is 5.56 Å². The number of carbonyl (C=O) groups excluding carboxylic acids is 1. The first-order valence-corrected chi connectivity index (χ1v) is 8.32. The second-order valence-electron chi connectivity index (χ2n) is 6.67. The molecule has 134 valence electrons. The highest BCUT2D eigenvalue weighted by atomic mass is 16.5. The Morgan fingerprint density at radius 1 is 1.38 bits per heavy atom. The molecule has 0 spiro atoms. The summed E-state index contributed by atoms with van der Waals surface area (Å²) in [5.74, 6) is -1.35. The lowest BCUT2D eigenvalue weighted by Gasteiger charge is -2.23. The fraction of sp³-hybridized carbons (Fsp3) is 0.333. The van der Waals surface area contributed by atoms with Crippen LogP contribution in [0.3, 0.4) is 0 Å². The molecule has 8 heteroatoms. The Labute approximate surface area is 149 Å². The maximum atomic E-state index is 12.6. The molecule has 0 saturated carbocycles. The van der Waals surface area contributed by atoms with Gasteiger partial charge in [0, 0.05) is 31.7 Å². The minimum absolute atomic E-state index is 0.156. The van der Waals surface area contributed by atoms with E-state index in [2.05, 4.69) is 16.7 Å². The Hall–Kier alpha value is -3.16. The molecular weight excluding hydrogens is 336 g/mol. The first-order valence-electron chi connectivity index (χ1n) is 8.32. The van der Waals surface area contributed by atoms with Gasteiger partial charge in [0.05, 0.1) is 5.92 Å². The molecule has 2 fully saturated rings. The van der Waals surface area contributed by atoms with Gasteiger partial charge < -0.3 is 19.4 Å². The van der Waals surface area contributed by atoms with Gasteiger partial charge in [-0.2, -0.15) is 4.98 Å². The average molecular weight is 354 g/mol. The molecule has 4 rings (SSSR count). The number of aliphatic carboxylic acids is 1. The third-order valence-electron chi connectivity index (χ3n) is 5.12. The molecule has 1 N–H and O–H groups in total. The van der Waals surface area contributed by atoms with Crippen molar-refractivity contribution in [1.29, 1.82) is 0 Å². The predicted octanol–water partition coefficient (Wildman–Crippen LogP) is 1.27. The van der Waals surface area contributed by atoms with Crippen molar-refractivity contribution in [3.05, 3.63) is 43.0 Å². The van der Waals surface area contributed by atoms with Crippen molar-refractivity contribution in [2.24, 2.45) is 11.3 Å². The van der Waals surface area contributed by atoms with Gasteiger partial charge in [-0.1, -0.05) is 41.6 Å². The van der Waals surface area contributed by atoms with E-state index >= 15 is 0 Å². The van der Waals surface area contributed by atoms with Crippen molar-refractivity contribution in [2.75, 3.05) is 31.1 Å². The summed E-state index contributed by atoms with van der Waals surface area (Å²) in [5, 5.41) is 13.8. The molecule has 0 aliphatic carbocycles. The van der Waals surface area contributed by atoms with Crippen LogP contribution < -0.4 is 4.90 Å². The number of fused-ring (bicyclic) bond motifs is 1. The summed E-state index contributed by atoms with van der Waals surface area (Å²) in [4.78, 5) is 32.2. The van der Waals surface area contributed by atoms with E-state index < -0.39 is 17.3 Å². The molecule has 2 saturated heterocycles. The van der Waals surface area contributed by atoms with E-state index in [4.69, 9.17) is 4.52 Å². The topological polar surface area (TPSA) is 99.8 Å². The average Bonchev–Trinajstić information content (AvgIpc) is 3.32. The van der Waals surface area contributed by atoms with Gasteiger partial charge in [-0.3, -0.25) is 9.59 Å². The van der Waals surface area contributed by atoms with E-state index in [0.29, 0.717) is 12.4 Å². The third-order valence-corrected chi connectivity index (χ3v) is 5.12. The van der Waals surface area contributed by atoms with Crippen LogP contribution in [0.4, 0.5) is 6.01 Å². The van der Waals surface area contributed by atoms with Crippen molar-refractivity contribution < 1.29 is 19.2 Å². The highest BCUT2D eigenvalue weighted by Crippen LogP contribution is 2.44. The molecule has 3 heterocycles. The molecule has 8 nitrogen and oxygen atoms in total. The predicted molar refractivity (Wildman–Crippen MR) is 92.3 cm³/mol. The Bertz CT molecular complexity index is 865. The van der Waals surface area contributed by atoms with Gasteiger partial charge in [-0.25, -0.2) is 0 Å². The highest BCUT2D eigenvalue weighted by Gasteiger charge is 2.62. The van der Waals surface area contributed by atoms with E-state index in [9.17, 15) is 14.7 Å². The molecule has 1 aromatic carbocycles. The summed E-state index contributed by atoms with van der Waals surface area (Å²) in [5.41, 5.74) is -0.357. The Balaban J connectivity index is 1.60. The molecule has 2 aliphatic rings. The van der Waals surface area contributed by atoms with E-state index in [1.165, 1.54) is 0 Å². The number of carboxylic acid groups (broad SMARTS) is 1. The van der Waals surface area contributed by atoms with Crippen LogP contribution >= 0.6 is 0 Å². The Morgan fingerprint density at radius 2 is 2.15 bits per heavy atom. The summed E-state index contributed by atoms with van der Waals surface area (Å²) < 4.78 is 5.33. The molecule has 0 unspecified atom stereocenters. The molecular formula is C18H18N4O4. The number of hydrogen-bond donors (Lipinski definition) is 1.